The SMILES string of the molecule is CC(Oc1ccc(Cl)cc1)C(=O)N(Cc1ccccc1)Cc1ccccc1. The highest BCUT2D eigenvalue weighted by Gasteiger charge is 2.22. The summed E-state index contributed by atoms with van der Waals surface area (Å²) in [5.41, 5.74) is 2.17. The zero-order valence-electron chi connectivity index (χ0n) is 15.2. The van der Waals surface area contributed by atoms with Crippen LogP contribution in [0.4, 0.5) is 0 Å². The summed E-state index contributed by atoms with van der Waals surface area (Å²) in [5, 5.41) is 0.635. The van der Waals surface area contributed by atoms with Crippen molar-refractivity contribution in [3.8, 4) is 5.75 Å². The maximum Gasteiger partial charge on any atom is 0.263 e. The summed E-state index contributed by atoms with van der Waals surface area (Å²) in [5.74, 6) is 0.567. The molecule has 0 aliphatic rings. The van der Waals surface area contributed by atoms with Crippen molar-refractivity contribution < 1.29 is 9.53 Å². The van der Waals surface area contributed by atoms with Gasteiger partial charge in [0.15, 0.2) is 6.10 Å². The van der Waals surface area contributed by atoms with Crippen LogP contribution >= 0.6 is 11.6 Å². The van der Waals surface area contributed by atoms with Crippen LogP contribution in [0.25, 0.3) is 0 Å². The average Bonchev–Trinajstić information content (AvgIpc) is 2.70. The van der Waals surface area contributed by atoms with Crippen molar-refractivity contribution in [3.05, 3.63) is 101 Å². The lowest BCUT2D eigenvalue weighted by Gasteiger charge is -2.26. The third kappa shape index (κ3) is 5.60. The number of carbonyl (C=O) groups excluding carboxylic acids is 1. The Labute approximate surface area is 165 Å². The minimum Gasteiger partial charge on any atom is -0.481 e. The predicted molar refractivity (Wildman–Crippen MR) is 109 cm³/mol. The summed E-state index contributed by atoms with van der Waals surface area (Å²) < 4.78 is 5.84. The minimum absolute atomic E-state index is 0.0577. The van der Waals surface area contributed by atoms with E-state index in [-0.39, 0.29) is 5.91 Å². The van der Waals surface area contributed by atoms with Crippen LogP contribution in [-0.2, 0) is 17.9 Å². The predicted octanol–water partition coefficient (Wildman–Crippen LogP) is 5.34. The van der Waals surface area contributed by atoms with E-state index in [9.17, 15) is 4.79 Å². The second kappa shape index (κ2) is 9.24. The molecule has 0 bridgehead atoms. The third-order valence-corrected chi connectivity index (χ3v) is 4.47. The lowest BCUT2D eigenvalue weighted by molar-refractivity contribution is -0.139. The van der Waals surface area contributed by atoms with Gasteiger partial charge >= 0.3 is 0 Å². The molecule has 0 aromatic heterocycles. The standard InChI is InChI=1S/C23H22ClNO2/c1-18(27-22-14-12-21(24)13-15-22)23(26)25(16-19-8-4-2-5-9-19)17-20-10-6-3-7-11-20/h2-15,18H,16-17H2,1H3. The van der Waals surface area contributed by atoms with Crippen LogP contribution in [0.2, 0.25) is 5.02 Å². The zero-order valence-corrected chi connectivity index (χ0v) is 16.0. The van der Waals surface area contributed by atoms with Crippen LogP contribution in [0.3, 0.4) is 0 Å². The number of carbonyl (C=O) groups is 1. The number of hydrogen-bond donors (Lipinski definition) is 0. The van der Waals surface area contributed by atoms with Crippen molar-refractivity contribution in [1.29, 1.82) is 0 Å². The summed E-state index contributed by atoms with van der Waals surface area (Å²) in [4.78, 5) is 14.9. The molecule has 0 N–H and O–H groups in total. The monoisotopic (exact) mass is 379 g/mol. The molecule has 0 saturated carbocycles. The lowest BCUT2D eigenvalue weighted by atomic mass is 10.1. The highest BCUT2D eigenvalue weighted by Crippen LogP contribution is 2.19. The highest BCUT2D eigenvalue weighted by molar-refractivity contribution is 6.30. The molecule has 0 heterocycles. The van der Waals surface area contributed by atoms with Gasteiger partial charge in [0.1, 0.15) is 5.75 Å². The number of nitrogens with zero attached hydrogens (tertiary/aromatic N) is 1. The lowest BCUT2D eigenvalue weighted by Crippen LogP contribution is -2.39. The molecule has 0 aliphatic carbocycles. The van der Waals surface area contributed by atoms with Crippen LogP contribution in [0, 0.1) is 0 Å². The highest BCUT2D eigenvalue weighted by atomic mass is 35.5. The summed E-state index contributed by atoms with van der Waals surface area (Å²) in [6.07, 6.45) is -0.599. The third-order valence-electron chi connectivity index (χ3n) is 4.22. The molecule has 3 aromatic carbocycles. The Morgan fingerprint density at radius 3 is 1.81 bits per heavy atom. The Morgan fingerprint density at radius 2 is 1.33 bits per heavy atom. The number of ether oxygens (including phenoxy) is 1. The Balaban J connectivity index is 1.75. The quantitative estimate of drug-likeness (QED) is 0.554. The molecule has 0 radical (unpaired) electrons. The van der Waals surface area contributed by atoms with E-state index in [0.29, 0.717) is 23.9 Å². The van der Waals surface area contributed by atoms with Gasteiger partial charge in [0.25, 0.3) is 5.91 Å². The fourth-order valence-electron chi connectivity index (χ4n) is 2.84. The van der Waals surface area contributed by atoms with Gasteiger partial charge in [-0.15, -0.1) is 0 Å². The molecule has 1 amide bonds. The van der Waals surface area contributed by atoms with Crippen LogP contribution in [0.1, 0.15) is 18.1 Å². The molecule has 0 aliphatic heterocycles. The maximum atomic E-state index is 13.1. The molecule has 1 unspecified atom stereocenters. The largest absolute Gasteiger partial charge is 0.481 e. The van der Waals surface area contributed by atoms with Crippen LogP contribution in [-0.4, -0.2) is 16.9 Å². The topological polar surface area (TPSA) is 29.5 Å². The molecule has 3 aromatic rings. The number of amides is 1. The summed E-state index contributed by atoms with van der Waals surface area (Å²) in [6, 6.07) is 27.0. The summed E-state index contributed by atoms with van der Waals surface area (Å²) >= 11 is 5.91. The van der Waals surface area contributed by atoms with Crippen molar-refractivity contribution in [2.75, 3.05) is 0 Å². The van der Waals surface area contributed by atoms with E-state index in [1.807, 2.05) is 65.6 Å². The molecular formula is C23H22ClNO2. The first kappa shape index (κ1) is 19.0. The first-order chi connectivity index (χ1) is 13.1. The molecular weight excluding hydrogens is 358 g/mol. The van der Waals surface area contributed by atoms with Crippen LogP contribution in [0.15, 0.2) is 84.9 Å². The maximum absolute atomic E-state index is 13.1. The Morgan fingerprint density at radius 1 is 0.852 bits per heavy atom. The molecule has 0 spiro atoms. The van der Waals surface area contributed by atoms with Crippen LogP contribution < -0.4 is 4.74 Å². The Hall–Kier alpha value is -2.78. The number of benzene rings is 3. The smallest absolute Gasteiger partial charge is 0.263 e. The molecule has 27 heavy (non-hydrogen) atoms. The number of rotatable bonds is 7. The second-order valence-corrected chi connectivity index (χ2v) is 6.82. The fourth-order valence-corrected chi connectivity index (χ4v) is 2.97. The molecule has 1 atom stereocenters. The molecule has 138 valence electrons. The van der Waals surface area contributed by atoms with Gasteiger partial charge in [-0.3, -0.25) is 4.79 Å². The van der Waals surface area contributed by atoms with Gasteiger partial charge in [0.05, 0.1) is 0 Å². The Bertz CT molecular complexity index is 809. The van der Waals surface area contributed by atoms with Gasteiger partial charge in [-0.25, -0.2) is 0 Å². The second-order valence-electron chi connectivity index (χ2n) is 6.38. The first-order valence-corrected chi connectivity index (χ1v) is 9.28. The average molecular weight is 380 g/mol. The molecule has 0 saturated heterocycles. The van der Waals surface area contributed by atoms with Crippen molar-refractivity contribution in [2.45, 2.75) is 26.1 Å². The van der Waals surface area contributed by atoms with Gasteiger partial charge in [0.2, 0.25) is 0 Å². The van der Waals surface area contributed by atoms with E-state index in [1.54, 1.807) is 31.2 Å². The van der Waals surface area contributed by atoms with E-state index < -0.39 is 6.10 Å². The minimum atomic E-state index is -0.599. The molecule has 4 heteroatoms. The Kier molecular flexibility index (Phi) is 6.50. The zero-order chi connectivity index (χ0) is 19.1. The molecule has 3 rings (SSSR count). The van der Waals surface area contributed by atoms with Crippen molar-refractivity contribution in [3.63, 3.8) is 0 Å². The van der Waals surface area contributed by atoms with Gasteiger partial charge in [0, 0.05) is 18.1 Å². The number of hydrogen-bond acceptors (Lipinski definition) is 2. The van der Waals surface area contributed by atoms with Gasteiger partial charge < -0.3 is 9.64 Å². The van der Waals surface area contributed by atoms with Gasteiger partial charge in [-0.1, -0.05) is 72.3 Å². The van der Waals surface area contributed by atoms with Crippen molar-refractivity contribution >= 4 is 17.5 Å². The van der Waals surface area contributed by atoms with E-state index in [4.69, 9.17) is 16.3 Å². The normalized spacial score (nSPS) is 11.6. The first-order valence-electron chi connectivity index (χ1n) is 8.90. The molecule has 3 nitrogen and oxygen atoms in total. The van der Waals surface area contributed by atoms with E-state index in [2.05, 4.69) is 0 Å². The van der Waals surface area contributed by atoms with Crippen LogP contribution in [0.5, 0.6) is 5.75 Å². The van der Waals surface area contributed by atoms with E-state index in [0.717, 1.165) is 11.1 Å². The van der Waals surface area contributed by atoms with E-state index >= 15 is 0 Å². The molecule has 0 fully saturated rings. The van der Waals surface area contributed by atoms with E-state index in [1.165, 1.54) is 0 Å². The van der Waals surface area contributed by atoms with Gasteiger partial charge in [-0.2, -0.15) is 0 Å². The summed E-state index contributed by atoms with van der Waals surface area (Å²) in [7, 11) is 0. The van der Waals surface area contributed by atoms with Crippen molar-refractivity contribution in [2.24, 2.45) is 0 Å². The fraction of sp³-hybridized carbons (Fsp3) is 0.174. The number of halogens is 1. The van der Waals surface area contributed by atoms with Crippen molar-refractivity contribution in [1.82, 2.24) is 4.90 Å². The summed E-state index contributed by atoms with van der Waals surface area (Å²) in [6.45, 7) is 2.84. The van der Waals surface area contributed by atoms with Gasteiger partial charge in [-0.05, 0) is 42.3 Å².